The molecular weight excluding hydrogens is 306 g/mol. The predicted molar refractivity (Wildman–Crippen MR) is 95.9 cm³/mol. The van der Waals surface area contributed by atoms with E-state index in [1.54, 1.807) is 6.20 Å². The summed E-state index contributed by atoms with van der Waals surface area (Å²) in [6.45, 7) is 13.3. The summed E-state index contributed by atoms with van der Waals surface area (Å²) in [6.07, 6.45) is 4.52. The Morgan fingerprint density at radius 2 is 2.09 bits per heavy atom. The zero-order valence-electron chi connectivity index (χ0n) is 15.2. The molecule has 1 aliphatic rings. The highest BCUT2D eigenvalue weighted by Crippen LogP contribution is 2.41. The Balaban J connectivity index is 2.18. The molecular formula is C17H31N3O2Si. The lowest BCUT2D eigenvalue weighted by Gasteiger charge is -2.40. The van der Waals surface area contributed by atoms with Crippen LogP contribution < -0.4 is 5.32 Å². The van der Waals surface area contributed by atoms with E-state index in [1.807, 2.05) is 6.07 Å². The van der Waals surface area contributed by atoms with Gasteiger partial charge >= 0.3 is 0 Å². The van der Waals surface area contributed by atoms with Gasteiger partial charge in [-0.2, -0.15) is 0 Å². The average molecular weight is 338 g/mol. The monoisotopic (exact) mass is 337 g/mol. The van der Waals surface area contributed by atoms with Gasteiger partial charge in [0.05, 0.1) is 18.2 Å². The van der Waals surface area contributed by atoms with E-state index >= 15 is 0 Å². The van der Waals surface area contributed by atoms with Gasteiger partial charge in [0.25, 0.3) is 0 Å². The van der Waals surface area contributed by atoms with Gasteiger partial charge in [-0.25, -0.2) is 9.97 Å². The summed E-state index contributed by atoms with van der Waals surface area (Å²) in [6, 6.07) is 1.94. The second-order valence-electron chi connectivity index (χ2n) is 8.08. The standard InChI is InChI=1S/C17H31N3O2Si/c1-7-12-10-13(20-14-8-9-18-11-19-14)16(15(12)21)22-23(5,6)17(2,3)4/h8-9,11-13,15-16,21H,7,10H2,1-6H3,(H,18,19,20)/t12-,13+,15+,16-/m0/s1. The largest absolute Gasteiger partial charge is 0.409 e. The van der Waals surface area contributed by atoms with Crippen molar-refractivity contribution in [3.8, 4) is 0 Å². The fraction of sp³-hybridized carbons (Fsp3) is 0.765. The number of nitrogens with one attached hydrogen (secondary N) is 1. The lowest BCUT2D eigenvalue weighted by molar-refractivity contribution is 0.0236. The summed E-state index contributed by atoms with van der Waals surface area (Å²) < 4.78 is 6.58. The molecule has 1 heterocycles. The molecule has 6 heteroatoms. The van der Waals surface area contributed by atoms with Crippen LogP contribution in [0.4, 0.5) is 5.82 Å². The van der Waals surface area contributed by atoms with Gasteiger partial charge < -0.3 is 14.8 Å². The molecule has 0 spiro atoms. The van der Waals surface area contributed by atoms with Crippen molar-refractivity contribution in [2.45, 2.75) is 76.9 Å². The second-order valence-corrected chi connectivity index (χ2v) is 12.8. The second kappa shape index (κ2) is 6.87. The van der Waals surface area contributed by atoms with Crippen molar-refractivity contribution in [2.24, 2.45) is 5.92 Å². The summed E-state index contributed by atoms with van der Waals surface area (Å²) in [4.78, 5) is 8.20. The quantitative estimate of drug-likeness (QED) is 0.806. The molecule has 130 valence electrons. The van der Waals surface area contributed by atoms with Gasteiger partial charge in [-0.15, -0.1) is 0 Å². The minimum Gasteiger partial charge on any atom is -0.409 e. The summed E-state index contributed by atoms with van der Waals surface area (Å²) in [5.41, 5.74) is 0. The van der Waals surface area contributed by atoms with Crippen molar-refractivity contribution in [1.82, 2.24) is 9.97 Å². The summed E-state index contributed by atoms with van der Waals surface area (Å²) in [5, 5.41) is 14.3. The van der Waals surface area contributed by atoms with Gasteiger partial charge in [0.15, 0.2) is 8.32 Å². The molecule has 2 N–H and O–H groups in total. The fourth-order valence-corrected chi connectivity index (χ4v) is 4.23. The molecule has 0 amide bonds. The highest BCUT2D eigenvalue weighted by Gasteiger charge is 2.48. The zero-order valence-corrected chi connectivity index (χ0v) is 16.2. The number of anilines is 1. The first kappa shape index (κ1) is 18.4. The van der Waals surface area contributed by atoms with Crippen LogP contribution in [0.15, 0.2) is 18.6 Å². The molecule has 1 saturated carbocycles. The first-order chi connectivity index (χ1) is 10.7. The minimum absolute atomic E-state index is 0.0824. The molecule has 0 unspecified atom stereocenters. The molecule has 0 aromatic carbocycles. The Hall–Kier alpha value is -0.983. The molecule has 23 heavy (non-hydrogen) atoms. The Morgan fingerprint density at radius 3 is 2.61 bits per heavy atom. The van der Waals surface area contributed by atoms with Crippen molar-refractivity contribution >= 4 is 14.1 Å². The fourth-order valence-electron chi connectivity index (χ4n) is 2.89. The molecule has 0 bridgehead atoms. The third-order valence-corrected chi connectivity index (χ3v) is 9.92. The maximum atomic E-state index is 10.8. The van der Waals surface area contributed by atoms with Crippen LogP contribution in [0.2, 0.25) is 18.1 Å². The van der Waals surface area contributed by atoms with E-state index in [1.165, 1.54) is 6.33 Å². The molecule has 4 atom stereocenters. The molecule has 1 fully saturated rings. The zero-order chi connectivity index (χ0) is 17.3. The minimum atomic E-state index is -1.95. The van der Waals surface area contributed by atoms with Crippen LogP contribution in [0.1, 0.15) is 40.5 Å². The molecule has 1 aliphatic carbocycles. The number of nitrogens with zero attached hydrogens (tertiary/aromatic N) is 2. The Morgan fingerprint density at radius 1 is 1.39 bits per heavy atom. The van der Waals surface area contributed by atoms with E-state index < -0.39 is 14.4 Å². The Kier molecular flexibility index (Phi) is 5.48. The number of hydrogen-bond donors (Lipinski definition) is 2. The van der Waals surface area contributed by atoms with Gasteiger partial charge in [-0.3, -0.25) is 0 Å². The van der Waals surface area contributed by atoms with E-state index in [-0.39, 0.29) is 23.1 Å². The van der Waals surface area contributed by atoms with Crippen LogP contribution in [-0.2, 0) is 4.43 Å². The number of aliphatic hydroxyl groups excluding tert-OH is 1. The SMILES string of the molecule is CC[C@H]1C[C@@H](Nc2ccncn2)[C@H](O[Si](C)(C)C(C)(C)C)[C@@H]1O. The van der Waals surface area contributed by atoms with E-state index in [4.69, 9.17) is 4.43 Å². The van der Waals surface area contributed by atoms with Crippen molar-refractivity contribution < 1.29 is 9.53 Å². The maximum absolute atomic E-state index is 10.8. The third kappa shape index (κ3) is 4.11. The van der Waals surface area contributed by atoms with Gasteiger partial charge in [0.2, 0.25) is 0 Å². The van der Waals surface area contributed by atoms with Crippen LogP contribution >= 0.6 is 0 Å². The molecule has 5 nitrogen and oxygen atoms in total. The van der Waals surface area contributed by atoms with Gasteiger partial charge in [-0.1, -0.05) is 34.1 Å². The number of hydrogen-bond acceptors (Lipinski definition) is 5. The van der Waals surface area contributed by atoms with Crippen LogP contribution in [-0.4, -0.2) is 41.6 Å². The summed E-state index contributed by atoms with van der Waals surface area (Å²) in [7, 11) is -1.95. The van der Waals surface area contributed by atoms with E-state index in [9.17, 15) is 5.11 Å². The van der Waals surface area contributed by atoms with Crippen molar-refractivity contribution in [3.63, 3.8) is 0 Å². The summed E-state index contributed by atoms with van der Waals surface area (Å²) >= 11 is 0. The number of aromatic nitrogens is 2. The first-order valence-electron chi connectivity index (χ1n) is 8.54. The third-order valence-electron chi connectivity index (χ3n) is 5.45. The van der Waals surface area contributed by atoms with Crippen molar-refractivity contribution in [3.05, 3.63) is 18.6 Å². The lowest BCUT2D eigenvalue weighted by Crippen LogP contribution is -2.50. The molecule has 2 rings (SSSR count). The van der Waals surface area contributed by atoms with Crippen LogP contribution in [0.3, 0.4) is 0 Å². The Bertz CT molecular complexity index is 504. The molecule has 0 radical (unpaired) electrons. The topological polar surface area (TPSA) is 67.3 Å². The molecule has 1 aromatic heterocycles. The number of aliphatic hydroxyl groups is 1. The lowest BCUT2D eigenvalue weighted by atomic mass is 10.0. The van der Waals surface area contributed by atoms with Crippen LogP contribution in [0.25, 0.3) is 0 Å². The van der Waals surface area contributed by atoms with Crippen LogP contribution in [0, 0.1) is 5.92 Å². The van der Waals surface area contributed by atoms with E-state index in [2.05, 4.69) is 56.1 Å². The summed E-state index contributed by atoms with van der Waals surface area (Å²) in [5.74, 6) is 1.06. The average Bonchev–Trinajstić information content (AvgIpc) is 2.75. The van der Waals surface area contributed by atoms with Crippen molar-refractivity contribution in [1.29, 1.82) is 0 Å². The van der Waals surface area contributed by atoms with E-state index in [0.717, 1.165) is 18.7 Å². The van der Waals surface area contributed by atoms with Gasteiger partial charge in [0, 0.05) is 6.20 Å². The maximum Gasteiger partial charge on any atom is 0.192 e. The van der Waals surface area contributed by atoms with Crippen LogP contribution in [0.5, 0.6) is 0 Å². The van der Waals surface area contributed by atoms with Gasteiger partial charge in [-0.05, 0) is 36.5 Å². The van der Waals surface area contributed by atoms with Crippen molar-refractivity contribution in [2.75, 3.05) is 5.32 Å². The first-order valence-corrected chi connectivity index (χ1v) is 11.4. The Labute approximate surface area is 141 Å². The number of rotatable bonds is 5. The van der Waals surface area contributed by atoms with E-state index in [0.29, 0.717) is 0 Å². The highest BCUT2D eigenvalue weighted by molar-refractivity contribution is 6.74. The smallest absolute Gasteiger partial charge is 0.192 e. The highest BCUT2D eigenvalue weighted by atomic mass is 28.4. The molecule has 1 aromatic rings. The molecule has 0 aliphatic heterocycles. The normalized spacial score (nSPS) is 28.8. The predicted octanol–water partition coefficient (Wildman–Crippen LogP) is 3.44. The molecule has 0 saturated heterocycles. The van der Waals surface area contributed by atoms with Gasteiger partial charge in [0.1, 0.15) is 12.1 Å².